The number of nitrogens with two attached hydrogens (primary N) is 1. The molecule has 0 aliphatic carbocycles. The number of nitrogen functional groups attached to an aromatic ring is 1. The number of hydrogen-bond acceptors (Lipinski definition) is 5. The molecule has 2 N–H and O–H groups in total. The largest absolute Gasteiger partial charge is 0.317 e. The van der Waals surface area contributed by atoms with Gasteiger partial charge in [0.1, 0.15) is 10.3 Å². The molecule has 7 nitrogen and oxygen atoms in total. The van der Waals surface area contributed by atoms with E-state index in [0.717, 1.165) is 16.7 Å². The Morgan fingerprint density at radius 2 is 1.71 bits per heavy atom. The number of halogens is 1. The van der Waals surface area contributed by atoms with Gasteiger partial charge in [0.15, 0.2) is 0 Å². The van der Waals surface area contributed by atoms with E-state index in [9.17, 15) is 13.2 Å². The number of nitrogens with zero attached hydrogens (tertiary/aromatic N) is 3. The van der Waals surface area contributed by atoms with Crippen LogP contribution in [0.15, 0.2) is 87.5 Å². The lowest BCUT2D eigenvalue weighted by Crippen LogP contribution is -2.42. The summed E-state index contributed by atoms with van der Waals surface area (Å²) in [6, 6.07) is 18.6. The van der Waals surface area contributed by atoms with E-state index in [1.54, 1.807) is 16.8 Å². The highest BCUT2D eigenvalue weighted by Gasteiger charge is 2.29. The van der Waals surface area contributed by atoms with Crippen molar-refractivity contribution < 1.29 is 13.0 Å². The Bertz CT molecular complexity index is 1780. The summed E-state index contributed by atoms with van der Waals surface area (Å²) >= 11 is 5.96. The molecule has 0 bridgehead atoms. The molecule has 0 saturated heterocycles. The van der Waals surface area contributed by atoms with Gasteiger partial charge in [-0.05, 0) is 55.8 Å². The van der Waals surface area contributed by atoms with Gasteiger partial charge in [-0.25, -0.2) is 13.0 Å². The number of hydrogen-bond donors (Lipinski definition) is 1. The van der Waals surface area contributed by atoms with Gasteiger partial charge in [0.25, 0.3) is 11.2 Å². The molecule has 176 valence electrons. The summed E-state index contributed by atoms with van der Waals surface area (Å²) in [5.41, 5.74) is 9.74. The van der Waals surface area contributed by atoms with Crippen molar-refractivity contribution in [2.45, 2.75) is 30.2 Å². The SMILES string of the molecule is Cc1ccc(C[n+]2c(N)c(S(=O)(=O)c3ccc(Cl)cc3)cc3c(=O)n4cccc(C)c4nc32)cc1. The van der Waals surface area contributed by atoms with Crippen LogP contribution in [0.25, 0.3) is 16.7 Å². The second-order valence-corrected chi connectivity index (χ2v) is 10.8. The molecule has 0 atom stereocenters. The smallest absolute Gasteiger partial charge is 0.278 e. The Kier molecular flexibility index (Phi) is 5.57. The topological polar surface area (TPSA) is 98.4 Å². The maximum absolute atomic E-state index is 13.6. The standard InChI is InChI=1S/C26H21ClN4O3S/c1-16-5-7-18(8-6-16)15-31-23(28)22(35(33,34)20-11-9-19(27)10-12-20)14-21-25(31)29-24-17(2)4-3-13-30(24)26(21)32/h3-14,28H,15H2,1-2H3/p+1. The normalized spacial score (nSPS) is 11.9. The third-order valence-corrected chi connectivity index (χ3v) is 8.06. The van der Waals surface area contributed by atoms with E-state index in [2.05, 4.69) is 0 Å². The van der Waals surface area contributed by atoms with Crippen LogP contribution in [-0.4, -0.2) is 17.8 Å². The van der Waals surface area contributed by atoms with Crippen LogP contribution in [0.3, 0.4) is 0 Å². The molecule has 5 rings (SSSR count). The summed E-state index contributed by atoms with van der Waals surface area (Å²) in [6.45, 7) is 4.08. The molecule has 0 spiro atoms. The third kappa shape index (κ3) is 3.94. The molecule has 2 aromatic carbocycles. The third-order valence-electron chi connectivity index (χ3n) is 6.01. The number of rotatable bonds is 4. The van der Waals surface area contributed by atoms with Crippen LogP contribution in [0.1, 0.15) is 16.7 Å². The summed E-state index contributed by atoms with van der Waals surface area (Å²) in [5, 5.41) is 0.566. The van der Waals surface area contributed by atoms with Crippen LogP contribution < -0.4 is 15.9 Å². The zero-order valence-electron chi connectivity index (χ0n) is 19.1. The molecule has 0 fully saturated rings. The summed E-state index contributed by atoms with van der Waals surface area (Å²) in [6.07, 6.45) is 1.62. The lowest BCUT2D eigenvalue weighted by molar-refractivity contribution is -0.651. The fourth-order valence-corrected chi connectivity index (χ4v) is 5.61. The Labute approximate surface area is 207 Å². The van der Waals surface area contributed by atoms with E-state index in [1.165, 1.54) is 34.7 Å². The summed E-state index contributed by atoms with van der Waals surface area (Å²) in [4.78, 5) is 18.1. The molecule has 35 heavy (non-hydrogen) atoms. The molecule has 0 aliphatic heterocycles. The van der Waals surface area contributed by atoms with Crippen LogP contribution >= 0.6 is 11.6 Å². The number of pyridine rings is 2. The first-order chi connectivity index (χ1) is 16.7. The first kappa shape index (κ1) is 23.0. The van der Waals surface area contributed by atoms with E-state index < -0.39 is 9.84 Å². The van der Waals surface area contributed by atoms with Gasteiger partial charge < -0.3 is 5.73 Å². The maximum atomic E-state index is 13.6. The van der Waals surface area contributed by atoms with E-state index in [-0.39, 0.29) is 33.1 Å². The number of anilines is 1. The molecule has 5 aromatic rings. The zero-order valence-corrected chi connectivity index (χ0v) is 20.6. The number of fused-ring (bicyclic) bond motifs is 2. The number of benzene rings is 2. The van der Waals surface area contributed by atoms with Gasteiger partial charge in [-0.2, -0.15) is 0 Å². The number of aromatic nitrogens is 3. The average Bonchev–Trinajstić information content (AvgIpc) is 2.83. The monoisotopic (exact) mass is 505 g/mol. The molecule has 3 heterocycles. The average molecular weight is 506 g/mol. The van der Waals surface area contributed by atoms with Gasteiger partial charge in [0, 0.05) is 16.8 Å². The lowest BCUT2D eigenvalue weighted by atomic mass is 10.1. The van der Waals surface area contributed by atoms with Crippen LogP contribution in [0, 0.1) is 13.8 Å². The van der Waals surface area contributed by atoms with E-state index in [4.69, 9.17) is 22.3 Å². The molecule has 9 heteroatoms. The molecular weight excluding hydrogens is 484 g/mol. The highest BCUT2D eigenvalue weighted by Crippen LogP contribution is 2.27. The van der Waals surface area contributed by atoms with Crippen LogP contribution in [0.5, 0.6) is 0 Å². The summed E-state index contributed by atoms with van der Waals surface area (Å²) in [7, 11) is -4.06. The molecule has 0 radical (unpaired) electrons. The molecular formula is C26H22ClN4O3S+. The van der Waals surface area contributed by atoms with Crippen LogP contribution in [-0.2, 0) is 16.4 Å². The van der Waals surface area contributed by atoms with Crippen LogP contribution in [0.4, 0.5) is 5.82 Å². The van der Waals surface area contributed by atoms with Crippen molar-refractivity contribution in [1.82, 2.24) is 9.38 Å². The minimum absolute atomic E-state index is 0.00198. The van der Waals surface area contributed by atoms with Crippen molar-refractivity contribution in [2.24, 2.45) is 0 Å². The van der Waals surface area contributed by atoms with Crippen molar-refractivity contribution >= 4 is 43.9 Å². The number of sulfone groups is 1. The van der Waals surface area contributed by atoms with Gasteiger partial charge >= 0.3 is 0 Å². The first-order valence-corrected chi connectivity index (χ1v) is 12.7. The Hall–Kier alpha value is -3.75. The molecule has 0 unspecified atom stereocenters. The summed E-state index contributed by atoms with van der Waals surface area (Å²) < 4.78 is 30.3. The van der Waals surface area contributed by atoms with Crippen molar-refractivity contribution in [3.63, 3.8) is 0 Å². The molecule has 0 amide bonds. The van der Waals surface area contributed by atoms with E-state index in [0.29, 0.717) is 16.3 Å². The minimum Gasteiger partial charge on any atom is -0.317 e. The van der Waals surface area contributed by atoms with Crippen LogP contribution in [0.2, 0.25) is 5.02 Å². The van der Waals surface area contributed by atoms with Crippen molar-refractivity contribution in [3.05, 3.63) is 105 Å². The van der Waals surface area contributed by atoms with E-state index >= 15 is 0 Å². The first-order valence-electron chi connectivity index (χ1n) is 10.9. The lowest BCUT2D eigenvalue weighted by Gasteiger charge is -2.13. The predicted octanol–water partition coefficient (Wildman–Crippen LogP) is 3.87. The van der Waals surface area contributed by atoms with Gasteiger partial charge in [-0.3, -0.25) is 9.20 Å². The highest BCUT2D eigenvalue weighted by atomic mass is 35.5. The summed E-state index contributed by atoms with van der Waals surface area (Å²) in [5.74, 6) is -0.00198. The van der Waals surface area contributed by atoms with Gasteiger partial charge in [-0.1, -0.05) is 52.5 Å². The Balaban J connectivity index is 1.87. The van der Waals surface area contributed by atoms with Crippen molar-refractivity contribution in [2.75, 3.05) is 5.73 Å². The zero-order chi connectivity index (χ0) is 24.9. The quantitative estimate of drug-likeness (QED) is 0.295. The fourth-order valence-electron chi connectivity index (χ4n) is 4.08. The molecule has 0 aliphatic rings. The van der Waals surface area contributed by atoms with Gasteiger partial charge in [-0.15, -0.1) is 0 Å². The minimum atomic E-state index is -4.06. The molecule has 3 aromatic heterocycles. The van der Waals surface area contributed by atoms with Gasteiger partial charge in [0.2, 0.25) is 21.3 Å². The van der Waals surface area contributed by atoms with Crippen molar-refractivity contribution in [3.8, 4) is 0 Å². The number of aryl methyl sites for hydroxylation is 2. The predicted molar refractivity (Wildman–Crippen MR) is 135 cm³/mol. The maximum Gasteiger partial charge on any atom is 0.278 e. The van der Waals surface area contributed by atoms with Gasteiger partial charge in [0.05, 0.1) is 11.4 Å². The fraction of sp³-hybridized carbons (Fsp3) is 0.115. The Morgan fingerprint density at radius 3 is 2.40 bits per heavy atom. The second-order valence-electron chi connectivity index (χ2n) is 8.46. The molecule has 0 saturated carbocycles. The van der Waals surface area contributed by atoms with Crippen molar-refractivity contribution in [1.29, 1.82) is 0 Å². The highest BCUT2D eigenvalue weighted by molar-refractivity contribution is 7.91. The Morgan fingerprint density at radius 1 is 1.03 bits per heavy atom. The van der Waals surface area contributed by atoms with E-state index in [1.807, 2.05) is 44.2 Å². The second kappa shape index (κ2) is 8.48.